The summed E-state index contributed by atoms with van der Waals surface area (Å²) in [5, 5.41) is 10.2. The number of aliphatic hydroxyl groups is 1. The van der Waals surface area contributed by atoms with Crippen LogP contribution in [0.2, 0.25) is 0 Å². The first-order valence-corrected chi connectivity index (χ1v) is 10.2. The molecule has 2 N–H and O–H groups in total. The van der Waals surface area contributed by atoms with E-state index in [9.17, 15) is 13.5 Å². The number of aliphatic hydroxyl groups excluding tert-OH is 1. The van der Waals surface area contributed by atoms with Crippen LogP contribution in [0.3, 0.4) is 0 Å². The molecule has 2 heterocycles. The van der Waals surface area contributed by atoms with Gasteiger partial charge >= 0.3 is 0 Å². The van der Waals surface area contributed by atoms with Crippen molar-refractivity contribution in [3.8, 4) is 0 Å². The molecule has 1 aromatic heterocycles. The molecule has 0 spiro atoms. The first-order chi connectivity index (χ1) is 11.1. The summed E-state index contributed by atoms with van der Waals surface area (Å²) in [6.07, 6.45) is 2.12. The van der Waals surface area contributed by atoms with Crippen LogP contribution < -0.4 is 4.72 Å². The molecule has 23 heavy (non-hydrogen) atoms. The number of benzene rings is 1. The summed E-state index contributed by atoms with van der Waals surface area (Å²) < 4.78 is 28.9. The largest absolute Gasteiger partial charge is 0.396 e. The van der Waals surface area contributed by atoms with Gasteiger partial charge in [0, 0.05) is 30.9 Å². The first-order valence-electron chi connectivity index (χ1n) is 7.90. The molecule has 1 fully saturated rings. The molecular weight excluding hydrogens is 332 g/mol. The van der Waals surface area contributed by atoms with Gasteiger partial charge in [-0.3, -0.25) is 0 Å². The summed E-state index contributed by atoms with van der Waals surface area (Å²) in [6, 6.07) is 9.41. The van der Waals surface area contributed by atoms with Gasteiger partial charge in [0.2, 0.25) is 10.0 Å². The van der Waals surface area contributed by atoms with E-state index in [0.717, 1.165) is 36.0 Å². The molecule has 1 atom stereocenters. The maximum absolute atomic E-state index is 12.4. The van der Waals surface area contributed by atoms with Crippen molar-refractivity contribution in [2.24, 2.45) is 5.92 Å². The lowest BCUT2D eigenvalue weighted by Gasteiger charge is -2.31. The number of sulfonamides is 1. The molecule has 126 valence electrons. The summed E-state index contributed by atoms with van der Waals surface area (Å²) in [6.45, 7) is 3.11. The van der Waals surface area contributed by atoms with Crippen LogP contribution >= 0.6 is 11.3 Å². The highest BCUT2D eigenvalue weighted by atomic mass is 32.2. The summed E-state index contributed by atoms with van der Waals surface area (Å²) in [4.78, 5) is 2.22. The maximum atomic E-state index is 12.4. The average molecular weight is 354 g/mol. The normalized spacial score (nSPS) is 20.1. The van der Waals surface area contributed by atoms with Gasteiger partial charge in [0.1, 0.15) is 4.21 Å². The van der Waals surface area contributed by atoms with E-state index in [-0.39, 0.29) is 6.61 Å². The monoisotopic (exact) mass is 354 g/mol. The Bertz CT molecular complexity index is 725. The minimum Gasteiger partial charge on any atom is -0.396 e. The SMILES string of the molecule is O=S(=O)(NCCN1CCC[C@@H](CO)C1)c1cc2ccccc2s1. The standard InChI is InChI=1S/C16H22N2O3S2/c19-12-13-4-3-8-18(11-13)9-7-17-23(20,21)16-10-14-5-1-2-6-15(14)22-16/h1-2,5-6,10,13,17,19H,3-4,7-9,11-12H2/t13-/m1/s1. The number of piperidine rings is 1. The number of nitrogens with zero attached hydrogens (tertiary/aromatic N) is 1. The van der Waals surface area contributed by atoms with Crippen LogP contribution in [0.25, 0.3) is 10.1 Å². The molecule has 1 saturated heterocycles. The highest BCUT2D eigenvalue weighted by Gasteiger charge is 2.21. The van der Waals surface area contributed by atoms with Crippen LogP contribution in [0.5, 0.6) is 0 Å². The van der Waals surface area contributed by atoms with E-state index in [4.69, 9.17) is 0 Å². The van der Waals surface area contributed by atoms with Crippen molar-refractivity contribution in [1.29, 1.82) is 0 Å². The van der Waals surface area contributed by atoms with E-state index in [1.165, 1.54) is 11.3 Å². The van der Waals surface area contributed by atoms with Gasteiger partial charge in [-0.25, -0.2) is 13.1 Å². The molecule has 2 aromatic rings. The Morgan fingerprint density at radius 1 is 1.35 bits per heavy atom. The second kappa shape index (κ2) is 7.27. The Balaban J connectivity index is 1.58. The van der Waals surface area contributed by atoms with E-state index in [0.29, 0.717) is 23.2 Å². The number of fused-ring (bicyclic) bond motifs is 1. The van der Waals surface area contributed by atoms with E-state index in [1.54, 1.807) is 6.07 Å². The molecule has 3 rings (SSSR count). The maximum Gasteiger partial charge on any atom is 0.250 e. The molecule has 0 unspecified atom stereocenters. The Labute approximate surface area is 141 Å². The van der Waals surface area contributed by atoms with Gasteiger partial charge in [0.25, 0.3) is 0 Å². The Hall–Kier alpha value is -0.990. The van der Waals surface area contributed by atoms with E-state index >= 15 is 0 Å². The third-order valence-electron chi connectivity index (χ3n) is 4.25. The van der Waals surface area contributed by atoms with Gasteiger partial charge in [0.05, 0.1) is 0 Å². The topological polar surface area (TPSA) is 69.6 Å². The number of rotatable bonds is 6. The fraction of sp³-hybridized carbons (Fsp3) is 0.500. The number of hydrogen-bond acceptors (Lipinski definition) is 5. The van der Waals surface area contributed by atoms with Crippen LogP contribution in [0.15, 0.2) is 34.5 Å². The number of likely N-dealkylation sites (tertiary alicyclic amines) is 1. The van der Waals surface area contributed by atoms with Gasteiger partial charge in [-0.1, -0.05) is 18.2 Å². The van der Waals surface area contributed by atoms with E-state index in [1.807, 2.05) is 24.3 Å². The second-order valence-corrected chi connectivity index (χ2v) is 9.07. The zero-order chi connectivity index (χ0) is 16.3. The predicted octanol–water partition coefficient (Wildman–Crippen LogP) is 1.88. The van der Waals surface area contributed by atoms with Gasteiger partial charge in [-0.15, -0.1) is 11.3 Å². The minimum absolute atomic E-state index is 0.212. The van der Waals surface area contributed by atoms with Gasteiger partial charge in [0.15, 0.2) is 0 Å². The van der Waals surface area contributed by atoms with Crippen molar-refractivity contribution in [2.75, 3.05) is 32.8 Å². The molecule has 7 heteroatoms. The molecular formula is C16H22N2O3S2. The molecule has 1 aliphatic rings. The van der Waals surface area contributed by atoms with Crippen molar-refractivity contribution in [2.45, 2.75) is 17.1 Å². The van der Waals surface area contributed by atoms with Crippen molar-refractivity contribution in [3.63, 3.8) is 0 Å². The van der Waals surface area contributed by atoms with E-state index < -0.39 is 10.0 Å². The van der Waals surface area contributed by atoms with Crippen molar-refractivity contribution >= 4 is 31.4 Å². The van der Waals surface area contributed by atoms with E-state index in [2.05, 4.69) is 9.62 Å². The number of thiophene rings is 1. The molecule has 0 amide bonds. The lowest BCUT2D eigenvalue weighted by Crippen LogP contribution is -2.41. The Kier molecular flexibility index (Phi) is 5.33. The smallest absolute Gasteiger partial charge is 0.250 e. The predicted molar refractivity (Wildman–Crippen MR) is 93.3 cm³/mol. The van der Waals surface area contributed by atoms with Crippen molar-refractivity contribution in [3.05, 3.63) is 30.3 Å². The molecule has 1 aromatic carbocycles. The molecule has 0 saturated carbocycles. The molecule has 0 bridgehead atoms. The van der Waals surface area contributed by atoms with Crippen LogP contribution in [-0.4, -0.2) is 51.2 Å². The zero-order valence-electron chi connectivity index (χ0n) is 12.9. The molecule has 1 aliphatic heterocycles. The fourth-order valence-electron chi connectivity index (χ4n) is 3.00. The first kappa shape index (κ1) is 16.9. The Morgan fingerprint density at radius 2 is 2.17 bits per heavy atom. The van der Waals surface area contributed by atoms with Crippen LogP contribution in [-0.2, 0) is 10.0 Å². The average Bonchev–Trinajstić information content (AvgIpc) is 3.00. The zero-order valence-corrected chi connectivity index (χ0v) is 14.6. The van der Waals surface area contributed by atoms with Crippen LogP contribution in [0.4, 0.5) is 0 Å². The summed E-state index contributed by atoms with van der Waals surface area (Å²) >= 11 is 1.30. The van der Waals surface area contributed by atoms with Gasteiger partial charge in [-0.05, 0) is 42.8 Å². The highest BCUT2D eigenvalue weighted by Crippen LogP contribution is 2.28. The van der Waals surface area contributed by atoms with Crippen LogP contribution in [0, 0.1) is 5.92 Å². The summed E-state index contributed by atoms with van der Waals surface area (Å²) in [7, 11) is -3.45. The van der Waals surface area contributed by atoms with Gasteiger partial charge in [-0.2, -0.15) is 0 Å². The molecule has 0 aliphatic carbocycles. The summed E-state index contributed by atoms with van der Waals surface area (Å²) in [5.74, 6) is 0.322. The fourth-order valence-corrected chi connectivity index (χ4v) is 5.47. The van der Waals surface area contributed by atoms with Gasteiger partial charge < -0.3 is 10.0 Å². The molecule has 5 nitrogen and oxygen atoms in total. The number of hydrogen-bond donors (Lipinski definition) is 2. The van der Waals surface area contributed by atoms with Crippen molar-refractivity contribution < 1.29 is 13.5 Å². The number of nitrogens with one attached hydrogen (secondary N) is 1. The third-order valence-corrected chi connectivity index (χ3v) is 7.30. The molecule has 0 radical (unpaired) electrons. The lowest BCUT2D eigenvalue weighted by atomic mass is 9.99. The summed E-state index contributed by atoms with van der Waals surface area (Å²) in [5.41, 5.74) is 0. The third kappa shape index (κ3) is 4.10. The lowest BCUT2D eigenvalue weighted by molar-refractivity contribution is 0.122. The minimum atomic E-state index is -3.45. The quantitative estimate of drug-likeness (QED) is 0.831. The van der Waals surface area contributed by atoms with Crippen LogP contribution in [0.1, 0.15) is 12.8 Å². The Morgan fingerprint density at radius 3 is 2.96 bits per heavy atom. The van der Waals surface area contributed by atoms with Crippen molar-refractivity contribution in [1.82, 2.24) is 9.62 Å². The highest BCUT2D eigenvalue weighted by molar-refractivity contribution is 7.91. The second-order valence-electron chi connectivity index (χ2n) is 5.99.